The van der Waals surface area contributed by atoms with Crippen molar-refractivity contribution < 1.29 is 27.1 Å². The minimum atomic E-state index is -4.64. The van der Waals surface area contributed by atoms with Crippen molar-refractivity contribution in [3.05, 3.63) is 35.1 Å². The van der Waals surface area contributed by atoms with E-state index in [9.17, 15) is 22.4 Å². The molecule has 1 aliphatic rings. The monoisotopic (exact) mass is 313 g/mol. The summed E-state index contributed by atoms with van der Waals surface area (Å²) in [6.45, 7) is -0.111. The van der Waals surface area contributed by atoms with E-state index in [0.717, 1.165) is 12.1 Å². The van der Waals surface area contributed by atoms with Gasteiger partial charge in [0.05, 0.1) is 5.56 Å². The van der Waals surface area contributed by atoms with Gasteiger partial charge in [0.15, 0.2) is 5.78 Å². The topological polar surface area (TPSA) is 52.3 Å². The third-order valence-corrected chi connectivity index (χ3v) is 3.15. The van der Waals surface area contributed by atoms with Crippen molar-refractivity contribution in [3.8, 4) is 0 Å². The van der Waals surface area contributed by atoms with E-state index in [0.29, 0.717) is 6.07 Å². The number of Topliss-reactive ketones (excluding diaryl/α,β-unsaturated/α-hetero) is 1. The van der Waals surface area contributed by atoms with Gasteiger partial charge in [-0.05, 0) is 12.1 Å². The van der Waals surface area contributed by atoms with Crippen molar-refractivity contribution in [2.45, 2.75) is 18.1 Å². The Balaban J connectivity index is 0.00000200. The lowest BCUT2D eigenvalue weighted by atomic mass is 9.82. The molecule has 1 heterocycles. The zero-order valence-electron chi connectivity index (χ0n) is 10.2. The maximum Gasteiger partial charge on any atom is 0.416 e. The molecule has 2 rings (SSSR count). The first-order chi connectivity index (χ1) is 8.75. The molecule has 1 saturated heterocycles. The van der Waals surface area contributed by atoms with E-state index in [2.05, 4.69) is 0 Å². The van der Waals surface area contributed by atoms with Crippen molar-refractivity contribution in [3.63, 3.8) is 0 Å². The van der Waals surface area contributed by atoms with Crippen LogP contribution in [-0.2, 0) is 21.2 Å². The van der Waals surface area contributed by atoms with Crippen LogP contribution >= 0.6 is 12.4 Å². The van der Waals surface area contributed by atoms with Gasteiger partial charge >= 0.3 is 6.18 Å². The van der Waals surface area contributed by atoms with Crippen LogP contribution in [0.15, 0.2) is 18.2 Å². The molecule has 1 aliphatic heterocycles. The van der Waals surface area contributed by atoms with Gasteiger partial charge in [0, 0.05) is 18.6 Å². The van der Waals surface area contributed by atoms with Crippen LogP contribution in [0.5, 0.6) is 0 Å². The lowest BCUT2D eigenvalue weighted by Gasteiger charge is -2.32. The van der Waals surface area contributed by atoms with Gasteiger partial charge < -0.3 is 10.5 Å². The number of ketones is 1. The summed E-state index contributed by atoms with van der Waals surface area (Å²) >= 11 is 0. The van der Waals surface area contributed by atoms with Gasteiger partial charge in [-0.1, -0.05) is 6.07 Å². The van der Waals surface area contributed by atoms with Gasteiger partial charge in [0.25, 0.3) is 0 Å². The third-order valence-electron chi connectivity index (χ3n) is 3.15. The first-order valence-electron chi connectivity index (χ1n) is 5.52. The van der Waals surface area contributed by atoms with E-state index in [1.165, 1.54) is 0 Å². The van der Waals surface area contributed by atoms with E-state index in [-0.39, 0.29) is 37.6 Å². The highest BCUT2D eigenvalue weighted by atomic mass is 35.5. The number of benzene rings is 1. The second kappa shape index (κ2) is 5.67. The fraction of sp³-hybridized carbons (Fsp3) is 0.417. The number of ether oxygens (including phenoxy) is 1. The summed E-state index contributed by atoms with van der Waals surface area (Å²) in [6.07, 6.45) is -4.60. The van der Waals surface area contributed by atoms with Gasteiger partial charge in [-0.3, -0.25) is 4.79 Å². The first-order valence-corrected chi connectivity index (χ1v) is 5.52. The number of carbonyl (C=O) groups is 1. The highest BCUT2D eigenvalue weighted by Crippen LogP contribution is 2.34. The number of hydrogen-bond donors (Lipinski definition) is 1. The van der Waals surface area contributed by atoms with E-state index in [4.69, 9.17) is 10.5 Å². The molecule has 1 fully saturated rings. The highest BCUT2D eigenvalue weighted by Gasteiger charge is 2.41. The molecule has 3 nitrogen and oxygen atoms in total. The predicted octanol–water partition coefficient (Wildman–Crippen LogP) is 2.41. The molecule has 1 unspecified atom stereocenters. The molecule has 1 atom stereocenters. The van der Waals surface area contributed by atoms with Crippen LogP contribution in [0.3, 0.4) is 0 Å². The smallest absolute Gasteiger partial charge is 0.373 e. The Kier molecular flexibility index (Phi) is 4.78. The molecule has 0 spiro atoms. The summed E-state index contributed by atoms with van der Waals surface area (Å²) in [7, 11) is 0. The molecular formula is C12H12ClF4NO2. The largest absolute Gasteiger partial charge is 0.416 e. The molecular weight excluding hydrogens is 302 g/mol. The van der Waals surface area contributed by atoms with Crippen molar-refractivity contribution in [1.82, 2.24) is 0 Å². The van der Waals surface area contributed by atoms with Gasteiger partial charge in [-0.2, -0.15) is 13.2 Å². The van der Waals surface area contributed by atoms with E-state index < -0.39 is 28.9 Å². The molecule has 0 aromatic heterocycles. The molecule has 2 N–H and O–H groups in total. The number of rotatable bonds is 1. The lowest BCUT2D eigenvalue weighted by Crippen LogP contribution is -2.51. The summed E-state index contributed by atoms with van der Waals surface area (Å²) in [5.41, 5.74) is 2.87. The maximum atomic E-state index is 13.8. The standard InChI is InChI=1S/C12H11F4NO2.ClH/c13-9-5-7(12(14,15)16)1-2-8(9)11(17)3-4-19-6-10(11)18;/h1-2,5H,3-4,6,17H2;1H. The van der Waals surface area contributed by atoms with E-state index in [1.54, 1.807) is 0 Å². The van der Waals surface area contributed by atoms with E-state index >= 15 is 0 Å². The lowest BCUT2D eigenvalue weighted by molar-refractivity contribution is -0.137. The Labute approximate surface area is 118 Å². The van der Waals surface area contributed by atoms with Crippen molar-refractivity contribution >= 4 is 18.2 Å². The van der Waals surface area contributed by atoms with Gasteiger partial charge in [-0.15, -0.1) is 12.4 Å². The second-order valence-corrected chi connectivity index (χ2v) is 4.39. The number of hydrogen-bond acceptors (Lipinski definition) is 3. The Morgan fingerprint density at radius 1 is 1.30 bits per heavy atom. The van der Waals surface area contributed by atoms with Gasteiger partial charge in [0.1, 0.15) is 18.0 Å². The fourth-order valence-corrected chi connectivity index (χ4v) is 2.00. The summed E-state index contributed by atoms with van der Waals surface area (Å²) in [4.78, 5) is 11.7. The SMILES string of the molecule is Cl.NC1(c2ccc(C(F)(F)F)cc2F)CCOCC1=O. The first kappa shape index (κ1) is 16.9. The molecule has 0 radical (unpaired) electrons. The van der Waals surface area contributed by atoms with Crippen molar-refractivity contribution in [2.24, 2.45) is 5.73 Å². The molecule has 0 saturated carbocycles. The number of carbonyl (C=O) groups excluding carboxylic acids is 1. The summed E-state index contributed by atoms with van der Waals surface area (Å²) in [5, 5.41) is 0. The maximum absolute atomic E-state index is 13.8. The van der Waals surface area contributed by atoms with E-state index in [1.807, 2.05) is 0 Å². The minimum absolute atomic E-state index is 0. The fourth-order valence-electron chi connectivity index (χ4n) is 2.00. The Hall–Kier alpha value is -1.18. The average molecular weight is 314 g/mol. The Morgan fingerprint density at radius 3 is 2.45 bits per heavy atom. The van der Waals surface area contributed by atoms with Gasteiger partial charge in [0.2, 0.25) is 0 Å². The van der Waals surface area contributed by atoms with Crippen LogP contribution in [0.1, 0.15) is 17.5 Å². The molecule has 0 bridgehead atoms. The molecule has 1 aromatic carbocycles. The zero-order chi connectivity index (χ0) is 14.3. The molecule has 0 aliphatic carbocycles. The number of nitrogens with two attached hydrogens (primary N) is 1. The summed E-state index contributed by atoms with van der Waals surface area (Å²) in [6, 6.07) is 1.99. The molecule has 0 amide bonds. The molecule has 20 heavy (non-hydrogen) atoms. The van der Waals surface area contributed by atoms with Crippen LogP contribution in [0.2, 0.25) is 0 Å². The van der Waals surface area contributed by atoms with Crippen molar-refractivity contribution in [2.75, 3.05) is 13.2 Å². The minimum Gasteiger partial charge on any atom is -0.373 e. The normalized spacial score (nSPS) is 23.4. The predicted molar refractivity (Wildman–Crippen MR) is 65.0 cm³/mol. The summed E-state index contributed by atoms with van der Waals surface area (Å²) < 4.78 is 56.0. The van der Waals surface area contributed by atoms with Crippen LogP contribution in [-0.4, -0.2) is 19.0 Å². The van der Waals surface area contributed by atoms with Crippen LogP contribution in [0, 0.1) is 5.82 Å². The molecule has 8 heteroatoms. The molecule has 112 valence electrons. The van der Waals surface area contributed by atoms with Crippen LogP contribution in [0.25, 0.3) is 0 Å². The Morgan fingerprint density at radius 2 is 1.95 bits per heavy atom. The number of alkyl halides is 3. The van der Waals surface area contributed by atoms with Crippen LogP contribution < -0.4 is 5.73 Å². The average Bonchev–Trinajstić information content (AvgIpc) is 2.31. The quantitative estimate of drug-likeness (QED) is 0.810. The highest BCUT2D eigenvalue weighted by molar-refractivity contribution is 5.91. The third kappa shape index (κ3) is 2.94. The second-order valence-electron chi connectivity index (χ2n) is 4.39. The Bertz CT molecular complexity index is 521. The van der Waals surface area contributed by atoms with Crippen LogP contribution in [0.4, 0.5) is 17.6 Å². The van der Waals surface area contributed by atoms with Gasteiger partial charge in [-0.25, -0.2) is 4.39 Å². The zero-order valence-corrected chi connectivity index (χ0v) is 11.0. The number of halogens is 5. The molecule has 1 aromatic rings. The summed E-state index contributed by atoms with van der Waals surface area (Å²) in [5.74, 6) is -1.68. The van der Waals surface area contributed by atoms with Crippen molar-refractivity contribution in [1.29, 1.82) is 0 Å².